The minimum atomic E-state index is -0.962. The monoisotopic (exact) mass is 201 g/mol. The summed E-state index contributed by atoms with van der Waals surface area (Å²) in [5.74, 6) is -0.962. The van der Waals surface area contributed by atoms with Gasteiger partial charge in [-0.3, -0.25) is 10.1 Å². The van der Waals surface area contributed by atoms with Crippen LogP contribution in [0, 0.1) is 0 Å². The molecule has 1 heterocycles. The van der Waals surface area contributed by atoms with Gasteiger partial charge >= 0.3 is 12.0 Å². The lowest BCUT2D eigenvalue weighted by molar-refractivity contribution is -0.136. The van der Waals surface area contributed by atoms with Crippen molar-refractivity contribution in [3.63, 3.8) is 0 Å². The van der Waals surface area contributed by atoms with Gasteiger partial charge in [-0.05, 0) is 0 Å². The first-order chi connectivity index (χ1) is 6.08. The maximum Gasteiger partial charge on any atom is 0.318 e. The second-order valence-corrected chi connectivity index (χ2v) is 3.06. The zero-order valence-corrected chi connectivity index (χ0v) is 7.30. The van der Waals surface area contributed by atoms with Crippen LogP contribution in [0.5, 0.6) is 0 Å². The lowest BCUT2D eigenvalue weighted by Crippen LogP contribution is -2.19. The Bertz CT molecular complexity index is 305. The third-order valence-corrected chi connectivity index (χ3v) is 1.92. The number of carbonyl (C=O) groups excluding carboxylic acids is 1. The lowest BCUT2D eigenvalue weighted by atomic mass is 10.3. The van der Waals surface area contributed by atoms with Crippen LogP contribution in [0.15, 0.2) is 5.38 Å². The number of carbonyl (C=O) groups is 2. The predicted molar refractivity (Wildman–Crippen MR) is 46.7 cm³/mol. The molecular formula is C6H7N3O3S. The first-order valence-electron chi connectivity index (χ1n) is 3.30. The highest BCUT2D eigenvalue weighted by Crippen LogP contribution is 2.15. The number of carboxylic acid groups (broad SMARTS) is 1. The third-order valence-electron chi connectivity index (χ3n) is 1.11. The van der Waals surface area contributed by atoms with Crippen molar-refractivity contribution in [3.8, 4) is 0 Å². The van der Waals surface area contributed by atoms with Gasteiger partial charge in [-0.15, -0.1) is 11.3 Å². The number of anilines is 1. The van der Waals surface area contributed by atoms with Crippen molar-refractivity contribution in [1.82, 2.24) is 4.98 Å². The predicted octanol–water partition coefficient (Wildman–Crippen LogP) is 0.261. The average Bonchev–Trinajstić information content (AvgIpc) is 2.33. The minimum Gasteiger partial charge on any atom is -0.481 e. The maximum atomic E-state index is 10.4. The number of rotatable bonds is 3. The van der Waals surface area contributed by atoms with E-state index in [1.54, 1.807) is 5.38 Å². The summed E-state index contributed by atoms with van der Waals surface area (Å²) >= 11 is 1.13. The van der Waals surface area contributed by atoms with Gasteiger partial charge in [0, 0.05) is 5.38 Å². The molecule has 70 valence electrons. The molecule has 0 bridgehead atoms. The number of amides is 2. The van der Waals surface area contributed by atoms with Crippen LogP contribution in [0.4, 0.5) is 9.93 Å². The molecule has 0 aliphatic carbocycles. The van der Waals surface area contributed by atoms with E-state index in [1.165, 1.54) is 0 Å². The molecule has 0 aliphatic heterocycles. The van der Waals surface area contributed by atoms with Crippen LogP contribution in [0.3, 0.4) is 0 Å². The van der Waals surface area contributed by atoms with Crippen molar-refractivity contribution in [2.75, 3.05) is 5.32 Å². The lowest BCUT2D eigenvalue weighted by Gasteiger charge is -1.92. The Kier molecular flexibility index (Phi) is 2.80. The highest BCUT2D eigenvalue weighted by molar-refractivity contribution is 7.13. The minimum absolute atomic E-state index is 0.156. The Morgan fingerprint density at radius 2 is 2.38 bits per heavy atom. The van der Waals surface area contributed by atoms with E-state index in [1.807, 2.05) is 0 Å². The average molecular weight is 201 g/mol. The fraction of sp³-hybridized carbons (Fsp3) is 0.167. The number of hydrogen-bond acceptors (Lipinski definition) is 4. The number of thiazole rings is 1. The summed E-state index contributed by atoms with van der Waals surface area (Å²) in [5, 5.41) is 12.5. The summed E-state index contributed by atoms with van der Waals surface area (Å²) in [4.78, 5) is 24.4. The number of nitrogens with zero attached hydrogens (tertiary/aromatic N) is 1. The molecule has 0 spiro atoms. The summed E-state index contributed by atoms with van der Waals surface area (Å²) in [6.45, 7) is 0. The second kappa shape index (κ2) is 3.85. The molecule has 0 saturated carbocycles. The van der Waals surface area contributed by atoms with Gasteiger partial charge in [0.2, 0.25) is 0 Å². The largest absolute Gasteiger partial charge is 0.481 e. The van der Waals surface area contributed by atoms with Crippen LogP contribution in [-0.4, -0.2) is 22.1 Å². The molecule has 0 saturated heterocycles. The van der Waals surface area contributed by atoms with Gasteiger partial charge in [0.15, 0.2) is 5.13 Å². The van der Waals surface area contributed by atoms with Crippen LogP contribution in [0.1, 0.15) is 5.69 Å². The third kappa shape index (κ3) is 3.08. The van der Waals surface area contributed by atoms with E-state index in [2.05, 4.69) is 10.3 Å². The molecule has 0 unspecified atom stereocenters. The summed E-state index contributed by atoms with van der Waals surface area (Å²) in [6.07, 6.45) is -0.156. The summed E-state index contributed by atoms with van der Waals surface area (Å²) in [5.41, 5.74) is 5.24. The molecule has 1 aromatic heterocycles. The number of nitrogens with one attached hydrogen (secondary N) is 1. The van der Waals surface area contributed by atoms with Gasteiger partial charge in [-0.2, -0.15) is 0 Å². The van der Waals surface area contributed by atoms with Gasteiger partial charge in [-0.25, -0.2) is 9.78 Å². The molecule has 0 radical (unpaired) electrons. The van der Waals surface area contributed by atoms with Gasteiger partial charge in [0.1, 0.15) is 0 Å². The van der Waals surface area contributed by atoms with Crippen LogP contribution in [0.2, 0.25) is 0 Å². The molecule has 6 nitrogen and oxygen atoms in total. The molecular weight excluding hydrogens is 194 g/mol. The van der Waals surface area contributed by atoms with Gasteiger partial charge in [0.25, 0.3) is 0 Å². The Balaban J connectivity index is 2.63. The van der Waals surface area contributed by atoms with E-state index in [-0.39, 0.29) is 6.42 Å². The van der Waals surface area contributed by atoms with Crippen molar-refractivity contribution in [2.24, 2.45) is 5.73 Å². The highest BCUT2D eigenvalue weighted by atomic mass is 32.1. The van der Waals surface area contributed by atoms with E-state index in [4.69, 9.17) is 10.8 Å². The summed E-state index contributed by atoms with van der Waals surface area (Å²) < 4.78 is 0. The van der Waals surface area contributed by atoms with Crippen molar-refractivity contribution in [3.05, 3.63) is 11.1 Å². The summed E-state index contributed by atoms with van der Waals surface area (Å²) in [7, 11) is 0. The fourth-order valence-corrected chi connectivity index (χ4v) is 1.42. The summed E-state index contributed by atoms with van der Waals surface area (Å²) in [6, 6.07) is -0.712. The number of aromatic nitrogens is 1. The van der Waals surface area contributed by atoms with Crippen molar-refractivity contribution >= 4 is 28.5 Å². The normalized spacial score (nSPS) is 9.54. The van der Waals surface area contributed by atoms with Crippen molar-refractivity contribution < 1.29 is 14.7 Å². The van der Waals surface area contributed by atoms with E-state index < -0.39 is 12.0 Å². The molecule has 1 aromatic rings. The first-order valence-corrected chi connectivity index (χ1v) is 4.18. The molecule has 13 heavy (non-hydrogen) atoms. The van der Waals surface area contributed by atoms with E-state index in [0.717, 1.165) is 11.3 Å². The number of aliphatic carboxylic acids is 1. The molecule has 0 atom stereocenters. The molecule has 2 amide bonds. The zero-order chi connectivity index (χ0) is 9.84. The molecule has 0 aliphatic rings. The van der Waals surface area contributed by atoms with E-state index in [0.29, 0.717) is 10.8 Å². The molecule has 0 fully saturated rings. The standard InChI is InChI=1S/C6H7N3O3S/c7-5(12)9-6-8-3(2-13-6)1-4(10)11/h2H,1H2,(H,10,11)(H3,7,8,9,12). The number of urea groups is 1. The van der Waals surface area contributed by atoms with Crippen LogP contribution in [0.25, 0.3) is 0 Å². The fourth-order valence-electron chi connectivity index (χ4n) is 0.706. The van der Waals surface area contributed by atoms with Crippen molar-refractivity contribution in [1.29, 1.82) is 0 Å². The molecule has 4 N–H and O–H groups in total. The number of hydrogen-bond donors (Lipinski definition) is 3. The Morgan fingerprint density at radius 3 is 2.92 bits per heavy atom. The van der Waals surface area contributed by atoms with Crippen LogP contribution >= 0.6 is 11.3 Å². The van der Waals surface area contributed by atoms with Crippen LogP contribution in [-0.2, 0) is 11.2 Å². The second-order valence-electron chi connectivity index (χ2n) is 2.20. The first kappa shape index (κ1) is 9.46. The quantitative estimate of drug-likeness (QED) is 0.652. The Labute approximate surface area is 77.4 Å². The van der Waals surface area contributed by atoms with Gasteiger partial charge in [-0.1, -0.05) is 0 Å². The Morgan fingerprint density at radius 1 is 1.69 bits per heavy atom. The number of primary amides is 1. The number of carboxylic acids is 1. The van der Waals surface area contributed by atoms with Gasteiger partial charge in [0.05, 0.1) is 12.1 Å². The van der Waals surface area contributed by atoms with E-state index in [9.17, 15) is 9.59 Å². The number of nitrogens with two attached hydrogens (primary N) is 1. The Hall–Kier alpha value is -1.63. The smallest absolute Gasteiger partial charge is 0.318 e. The van der Waals surface area contributed by atoms with E-state index >= 15 is 0 Å². The zero-order valence-electron chi connectivity index (χ0n) is 6.48. The molecule has 0 aromatic carbocycles. The SMILES string of the molecule is NC(=O)Nc1nc(CC(=O)O)cs1. The maximum absolute atomic E-state index is 10.4. The molecule has 7 heteroatoms. The van der Waals surface area contributed by atoms with Gasteiger partial charge < -0.3 is 10.8 Å². The van der Waals surface area contributed by atoms with Crippen molar-refractivity contribution in [2.45, 2.75) is 6.42 Å². The highest BCUT2D eigenvalue weighted by Gasteiger charge is 2.06. The topological polar surface area (TPSA) is 105 Å². The molecule has 1 rings (SSSR count). The van der Waals surface area contributed by atoms with Crippen LogP contribution < -0.4 is 11.1 Å².